The topological polar surface area (TPSA) is 37.3 Å². The van der Waals surface area contributed by atoms with Gasteiger partial charge in [0.1, 0.15) is 0 Å². The molecule has 0 heterocycles. The lowest BCUT2D eigenvalue weighted by molar-refractivity contribution is -0.139. The van der Waals surface area contributed by atoms with Crippen molar-refractivity contribution in [2.45, 2.75) is 38.0 Å². The number of hydrogen-bond acceptors (Lipinski definition) is 1. The molecule has 1 aromatic carbocycles. The summed E-state index contributed by atoms with van der Waals surface area (Å²) in [5.74, 6) is -1.01. The van der Waals surface area contributed by atoms with Crippen molar-refractivity contribution < 1.29 is 9.90 Å². The number of hydrogen-bond donors (Lipinski definition) is 1. The van der Waals surface area contributed by atoms with Crippen LogP contribution in [-0.2, 0) is 10.2 Å². The van der Waals surface area contributed by atoms with Crippen LogP contribution in [0, 0.1) is 0 Å². The van der Waals surface area contributed by atoms with Gasteiger partial charge in [-0.25, -0.2) is 0 Å². The zero-order valence-electron chi connectivity index (χ0n) is 9.16. The second kappa shape index (κ2) is 3.37. The van der Waals surface area contributed by atoms with E-state index >= 15 is 0 Å². The van der Waals surface area contributed by atoms with E-state index in [1.54, 1.807) is 0 Å². The molecule has 1 N–H and O–H groups in total. The molecule has 0 radical (unpaired) electrons. The Morgan fingerprint density at radius 2 is 2.07 bits per heavy atom. The molecule has 2 heteroatoms. The van der Waals surface area contributed by atoms with Crippen molar-refractivity contribution in [3.05, 3.63) is 35.4 Å². The van der Waals surface area contributed by atoms with Crippen molar-refractivity contribution in [1.82, 2.24) is 0 Å². The van der Waals surface area contributed by atoms with E-state index < -0.39 is 5.97 Å². The normalized spacial score (nSPS) is 23.2. The van der Waals surface area contributed by atoms with Gasteiger partial charge in [0.15, 0.2) is 0 Å². The lowest BCUT2D eigenvalue weighted by atomic mass is 9.69. The van der Waals surface area contributed by atoms with E-state index in [0.29, 0.717) is 0 Å². The Morgan fingerprint density at radius 1 is 1.40 bits per heavy atom. The van der Waals surface area contributed by atoms with Gasteiger partial charge in [-0.1, -0.05) is 38.1 Å². The van der Waals surface area contributed by atoms with Crippen LogP contribution in [0.4, 0.5) is 0 Å². The highest BCUT2D eigenvalue weighted by atomic mass is 16.4. The predicted molar refractivity (Wildman–Crippen MR) is 59.1 cm³/mol. The number of carboxylic acids is 1. The van der Waals surface area contributed by atoms with Gasteiger partial charge in [0.2, 0.25) is 0 Å². The molecule has 15 heavy (non-hydrogen) atoms. The number of carbonyl (C=O) groups is 1. The summed E-state index contributed by atoms with van der Waals surface area (Å²) in [6, 6.07) is 7.93. The molecule has 80 valence electrons. The largest absolute Gasteiger partial charge is 0.481 e. The first-order chi connectivity index (χ1) is 7.02. The van der Waals surface area contributed by atoms with Gasteiger partial charge in [-0.05, 0) is 29.4 Å². The zero-order valence-corrected chi connectivity index (χ0v) is 9.16. The third kappa shape index (κ3) is 1.65. The molecule has 0 aromatic heterocycles. The maximum absolute atomic E-state index is 11.1. The highest BCUT2D eigenvalue weighted by Crippen LogP contribution is 2.42. The minimum absolute atomic E-state index is 0.114. The lowest BCUT2D eigenvalue weighted by Crippen LogP contribution is -2.29. The summed E-state index contributed by atoms with van der Waals surface area (Å²) in [5.41, 5.74) is 2.31. The van der Waals surface area contributed by atoms with Gasteiger partial charge in [0, 0.05) is 0 Å². The van der Waals surface area contributed by atoms with Crippen LogP contribution >= 0.6 is 0 Å². The number of fused-ring (bicyclic) bond motifs is 1. The van der Waals surface area contributed by atoms with Crippen LogP contribution in [0.25, 0.3) is 0 Å². The van der Waals surface area contributed by atoms with Crippen LogP contribution in [-0.4, -0.2) is 11.1 Å². The molecular formula is C13H16O2. The number of aliphatic carboxylic acids is 1. The fourth-order valence-electron chi connectivity index (χ4n) is 2.47. The van der Waals surface area contributed by atoms with Gasteiger partial charge in [-0.15, -0.1) is 0 Å². The molecule has 1 atom stereocenters. The molecule has 1 aromatic rings. The van der Waals surface area contributed by atoms with E-state index in [9.17, 15) is 4.79 Å². The molecule has 0 saturated carbocycles. The molecular weight excluding hydrogens is 188 g/mol. The second-order valence-corrected chi connectivity index (χ2v) is 4.90. The fourth-order valence-corrected chi connectivity index (χ4v) is 2.47. The number of carboxylic acid groups (broad SMARTS) is 1. The molecule has 0 unspecified atom stereocenters. The van der Waals surface area contributed by atoms with Crippen molar-refractivity contribution in [3.63, 3.8) is 0 Å². The molecule has 2 rings (SSSR count). The van der Waals surface area contributed by atoms with Crippen molar-refractivity contribution in [2.75, 3.05) is 0 Å². The van der Waals surface area contributed by atoms with Gasteiger partial charge >= 0.3 is 5.97 Å². The summed E-state index contributed by atoms with van der Waals surface area (Å²) in [5, 5.41) is 9.16. The van der Waals surface area contributed by atoms with Crippen LogP contribution in [0.1, 0.15) is 43.7 Å². The summed E-state index contributed by atoms with van der Waals surface area (Å²) in [7, 11) is 0. The van der Waals surface area contributed by atoms with E-state index in [1.165, 1.54) is 5.56 Å². The third-order valence-electron chi connectivity index (χ3n) is 3.42. The van der Waals surface area contributed by atoms with Crippen LogP contribution in [0.5, 0.6) is 0 Å². The molecule has 0 amide bonds. The van der Waals surface area contributed by atoms with Gasteiger partial charge in [0.05, 0.1) is 5.92 Å². The van der Waals surface area contributed by atoms with E-state index in [2.05, 4.69) is 19.9 Å². The minimum Gasteiger partial charge on any atom is -0.481 e. The second-order valence-electron chi connectivity index (χ2n) is 4.90. The van der Waals surface area contributed by atoms with Crippen LogP contribution < -0.4 is 0 Å². The Kier molecular flexibility index (Phi) is 2.29. The van der Waals surface area contributed by atoms with Crippen molar-refractivity contribution in [2.24, 2.45) is 0 Å². The third-order valence-corrected chi connectivity index (χ3v) is 3.42. The smallest absolute Gasteiger partial charge is 0.310 e. The van der Waals surface area contributed by atoms with E-state index in [1.807, 2.05) is 18.2 Å². The standard InChI is InChI=1S/C13H16O2/c1-13(2)8-7-10(12(14)15)9-5-3-4-6-11(9)13/h3-6,10H,7-8H2,1-2H3,(H,14,15)/t10-/m0/s1. The maximum atomic E-state index is 11.1. The van der Waals surface area contributed by atoms with Crippen LogP contribution in [0.2, 0.25) is 0 Å². The quantitative estimate of drug-likeness (QED) is 0.763. The van der Waals surface area contributed by atoms with Gasteiger partial charge in [-0.3, -0.25) is 4.79 Å². The van der Waals surface area contributed by atoms with E-state index in [4.69, 9.17) is 5.11 Å². The SMILES string of the molecule is CC1(C)CC[C@H](C(=O)O)c2ccccc21. The molecule has 1 aliphatic rings. The average molecular weight is 204 g/mol. The highest BCUT2D eigenvalue weighted by molar-refractivity contribution is 5.77. The Hall–Kier alpha value is -1.31. The molecule has 0 spiro atoms. The van der Waals surface area contributed by atoms with E-state index in [0.717, 1.165) is 18.4 Å². The summed E-state index contributed by atoms with van der Waals surface area (Å²) in [6.45, 7) is 4.37. The lowest BCUT2D eigenvalue weighted by Gasteiger charge is -2.35. The summed E-state index contributed by atoms with van der Waals surface area (Å²) in [6.07, 6.45) is 1.69. The first-order valence-electron chi connectivity index (χ1n) is 5.34. The Balaban J connectivity index is 2.53. The maximum Gasteiger partial charge on any atom is 0.310 e. The van der Waals surface area contributed by atoms with Gasteiger partial charge < -0.3 is 5.11 Å². The molecule has 0 bridgehead atoms. The first-order valence-corrected chi connectivity index (χ1v) is 5.34. The summed E-state index contributed by atoms with van der Waals surface area (Å²) in [4.78, 5) is 11.1. The Bertz CT molecular complexity index is 393. The van der Waals surface area contributed by atoms with E-state index in [-0.39, 0.29) is 11.3 Å². The fraction of sp³-hybridized carbons (Fsp3) is 0.462. The first kappa shape index (κ1) is 10.2. The monoisotopic (exact) mass is 204 g/mol. The average Bonchev–Trinajstić information content (AvgIpc) is 2.17. The molecule has 0 saturated heterocycles. The molecule has 1 aliphatic carbocycles. The highest BCUT2D eigenvalue weighted by Gasteiger charge is 2.35. The van der Waals surface area contributed by atoms with Crippen LogP contribution in [0.3, 0.4) is 0 Å². The van der Waals surface area contributed by atoms with Gasteiger partial charge in [-0.2, -0.15) is 0 Å². The van der Waals surface area contributed by atoms with Crippen LogP contribution in [0.15, 0.2) is 24.3 Å². The number of benzene rings is 1. The number of rotatable bonds is 1. The van der Waals surface area contributed by atoms with Gasteiger partial charge in [0.25, 0.3) is 0 Å². The minimum atomic E-state index is -0.696. The molecule has 0 fully saturated rings. The van der Waals surface area contributed by atoms with Crippen molar-refractivity contribution >= 4 is 5.97 Å². The Labute approximate surface area is 89.9 Å². The predicted octanol–water partition coefficient (Wildman–Crippen LogP) is 2.93. The Morgan fingerprint density at radius 3 is 2.73 bits per heavy atom. The van der Waals surface area contributed by atoms with Crippen molar-refractivity contribution in [3.8, 4) is 0 Å². The zero-order chi connectivity index (χ0) is 11.1. The summed E-state index contributed by atoms with van der Waals surface area (Å²) < 4.78 is 0. The molecule has 2 nitrogen and oxygen atoms in total. The van der Waals surface area contributed by atoms with Crippen molar-refractivity contribution in [1.29, 1.82) is 0 Å². The molecule has 0 aliphatic heterocycles. The summed E-state index contributed by atoms with van der Waals surface area (Å²) >= 11 is 0.